The normalized spacial score (nSPS) is 11.0. The van der Waals surface area contributed by atoms with Gasteiger partial charge in [-0.1, -0.05) is 18.2 Å². The molecule has 0 fully saturated rings. The van der Waals surface area contributed by atoms with Crippen molar-refractivity contribution in [2.45, 2.75) is 6.43 Å². The summed E-state index contributed by atoms with van der Waals surface area (Å²) in [7, 11) is 0. The quantitative estimate of drug-likeness (QED) is 0.778. The molecule has 3 aromatic rings. The first-order chi connectivity index (χ1) is 10.6. The fourth-order valence-corrected chi connectivity index (χ4v) is 2.03. The third-order valence-corrected chi connectivity index (χ3v) is 3.08. The van der Waals surface area contributed by atoms with Gasteiger partial charge in [-0.25, -0.2) is 18.3 Å². The molecule has 22 heavy (non-hydrogen) atoms. The molecule has 0 radical (unpaired) electrons. The average molecular weight is 303 g/mol. The lowest BCUT2D eigenvalue weighted by Gasteiger charge is -2.09. The number of hydrogen-bond acceptors (Lipinski definition) is 4. The van der Waals surface area contributed by atoms with E-state index in [0.717, 1.165) is 0 Å². The van der Waals surface area contributed by atoms with Gasteiger partial charge < -0.3 is 11.1 Å². The van der Waals surface area contributed by atoms with Gasteiger partial charge >= 0.3 is 0 Å². The fraction of sp³-hybridized carbons (Fsp3) is 0.0714. The van der Waals surface area contributed by atoms with Crippen molar-refractivity contribution in [2.24, 2.45) is 0 Å². The van der Waals surface area contributed by atoms with E-state index >= 15 is 0 Å². The molecular formula is C14H11F2N5O. The number of anilines is 2. The van der Waals surface area contributed by atoms with E-state index in [1.54, 1.807) is 12.3 Å². The van der Waals surface area contributed by atoms with Crippen molar-refractivity contribution in [1.82, 2.24) is 14.6 Å². The molecule has 0 bridgehead atoms. The van der Waals surface area contributed by atoms with Gasteiger partial charge in [-0.2, -0.15) is 5.10 Å². The second-order valence-corrected chi connectivity index (χ2v) is 4.52. The molecule has 3 rings (SSSR count). The Morgan fingerprint density at radius 1 is 1.27 bits per heavy atom. The Hall–Kier alpha value is -3.03. The predicted octanol–water partition coefficient (Wildman–Crippen LogP) is 2.50. The average Bonchev–Trinajstić information content (AvgIpc) is 2.90. The smallest absolute Gasteiger partial charge is 0.265 e. The van der Waals surface area contributed by atoms with Crippen molar-refractivity contribution in [2.75, 3.05) is 11.1 Å². The second kappa shape index (κ2) is 5.40. The number of amides is 1. The molecule has 0 unspecified atom stereocenters. The van der Waals surface area contributed by atoms with Crippen LogP contribution in [-0.2, 0) is 0 Å². The Balaban J connectivity index is 1.96. The van der Waals surface area contributed by atoms with E-state index in [0.29, 0.717) is 0 Å². The number of nitrogens with zero attached hydrogens (tertiary/aromatic N) is 3. The van der Waals surface area contributed by atoms with Crippen LogP contribution < -0.4 is 11.1 Å². The van der Waals surface area contributed by atoms with Crippen LogP contribution in [0.2, 0.25) is 0 Å². The minimum Gasteiger partial charge on any atom is -0.384 e. The summed E-state index contributed by atoms with van der Waals surface area (Å²) in [4.78, 5) is 16.3. The number of rotatable bonds is 3. The van der Waals surface area contributed by atoms with E-state index in [1.807, 2.05) is 0 Å². The molecule has 1 aromatic carbocycles. The lowest BCUT2D eigenvalue weighted by atomic mass is 10.1. The van der Waals surface area contributed by atoms with E-state index in [4.69, 9.17) is 5.73 Å². The van der Waals surface area contributed by atoms with Crippen molar-refractivity contribution in [3.8, 4) is 0 Å². The number of halogens is 2. The summed E-state index contributed by atoms with van der Waals surface area (Å²) in [6.07, 6.45) is 0.179. The van der Waals surface area contributed by atoms with Gasteiger partial charge in [-0.05, 0) is 12.1 Å². The number of nitrogen functional groups attached to an aromatic ring is 1. The third-order valence-electron chi connectivity index (χ3n) is 3.08. The van der Waals surface area contributed by atoms with Gasteiger partial charge in [0.25, 0.3) is 12.3 Å². The van der Waals surface area contributed by atoms with Crippen LogP contribution >= 0.6 is 0 Å². The zero-order valence-corrected chi connectivity index (χ0v) is 11.2. The topological polar surface area (TPSA) is 85.3 Å². The van der Waals surface area contributed by atoms with Gasteiger partial charge in [0.2, 0.25) is 0 Å². The maximum Gasteiger partial charge on any atom is 0.265 e. The third kappa shape index (κ3) is 2.46. The fourth-order valence-electron chi connectivity index (χ4n) is 2.03. The monoisotopic (exact) mass is 303 g/mol. The van der Waals surface area contributed by atoms with Crippen LogP contribution in [0.15, 0.2) is 42.7 Å². The van der Waals surface area contributed by atoms with Crippen molar-refractivity contribution in [1.29, 1.82) is 0 Å². The molecule has 0 spiro atoms. The number of para-hydroxylation sites is 1. The second-order valence-electron chi connectivity index (χ2n) is 4.52. The first-order valence-corrected chi connectivity index (χ1v) is 6.34. The van der Waals surface area contributed by atoms with Gasteiger partial charge in [-0.15, -0.1) is 0 Å². The highest BCUT2D eigenvalue weighted by Gasteiger charge is 2.18. The molecule has 0 aliphatic carbocycles. The van der Waals surface area contributed by atoms with Crippen LogP contribution in [0.3, 0.4) is 0 Å². The number of hydrogen-bond donors (Lipinski definition) is 2. The van der Waals surface area contributed by atoms with Gasteiger partial charge in [0.05, 0.1) is 6.20 Å². The van der Waals surface area contributed by atoms with Crippen molar-refractivity contribution in [3.05, 3.63) is 53.9 Å². The first-order valence-electron chi connectivity index (χ1n) is 6.34. The summed E-state index contributed by atoms with van der Waals surface area (Å²) in [5.41, 5.74) is 5.79. The Morgan fingerprint density at radius 3 is 2.82 bits per heavy atom. The van der Waals surface area contributed by atoms with E-state index in [2.05, 4.69) is 15.4 Å². The molecule has 0 aliphatic rings. The molecule has 0 saturated heterocycles. The molecule has 0 saturated carbocycles. The van der Waals surface area contributed by atoms with Crippen LogP contribution in [0.5, 0.6) is 0 Å². The molecule has 2 aromatic heterocycles. The van der Waals surface area contributed by atoms with Crippen LogP contribution in [0, 0.1) is 0 Å². The number of alkyl halides is 2. The SMILES string of the molecule is Nc1ccn2ncc(C(=O)Nc3ccccc3C(F)F)c2n1. The summed E-state index contributed by atoms with van der Waals surface area (Å²) < 4.78 is 27.2. The van der Waals surface area contributed by atoms with Crippen molar-refractivity contribution in [3.63, 3.8) is 0 Å². The highest BCUT2D eigenvalue weighted by atomic mass is 19.3. The Kier molecular flexibility index (Phi) is 3.42. The summed E-state index contributed by atoms with van der Waals surface area (Å²) in [5, 5.41) is 6.42. The Labute approximate surface area is 123 Å². The maximum atomic E-state index is 12.9. The van der Waals surface area contributed by atoms with Crippen molar-refractivity contribution < 1.29 is 13.6 Å². The summed E-state index contributed by atoms with van der Waals surface area (Å²) >= 11 is 0. The molecule has 6 nitrogen and oxygen atoms in total. The van der Waals surface area contributed by atoms with E-state index in [9.17, 15) is 13.6 Å². The molecule has 8 heteroatoms. The standard InChI is InChI=1S/C14H11F2N5O/c15-12(16)8-3-1-2-4-10(8)19-14(22)9-7-18-21-6-5-11(17)20-13(9)21/h1-7,12H,(H2,17,20)(H,19,22). The number of benzene rings is 1. The number of carbonyl (C=O) groups excluding carboxylic acids is 1. The molecule has 1 amide bonds. The van der Waals surface area contributed by atoms with Crippen LogP contribution in [-0.4, -0.2) is 20.5 Å². The number of fused-ring (bicyclic) bond motifs is 1. The summed E-state index contributed by atoms with van der Waals surface area (Å²) in [5.74, 6) is -0.351. The van der Waals surface area contributed by atoms with Crippen LogP contribution in [0.4, 0.5) is 20.3 Å². The number of nitrogens with two attached hydrogens (primary N) is 1. The summed E-state index contributed by atoms with van der Waals surface area (Å²) in [6, 6.07) is 7.25. The van der Waals surface area contributed by atoms with Gasteiger partial charge in [0, 0.05) is 17.4 Å². The van der Waals surface area contributed by atoms with Gasteiger partial charge in [-0.3, -0.25) is 4.79 Å². The highest BCUT2D eigenvalue weighted by molar-refractivity contribution is 6.08. The summed E-state index contributed by atoms with van der Waals surface area (Å²) in [6.45, 7) is 0. The minimum absolute atomic E-state index is 0.0470. The van der Waals surface area contributed by atoms with Gasteiger partial charge in [0.15, 0.2) is 5.65 Å². The molecule has 0 atom stereocenters. The molecule has 3 N–H and O–H groups in total. The lowest BCUT2D eigenvalue weighted by molar-refractivity contribution is 0.102. The van der Waals surface area contributed by atoms with E-state index < -0.39 is 12.3 Å². The maximum absolute atomic E-state index is 12.9. The lowest BCUT2D eigenvalue weighted by Crippen LogP contribution is -2.13. The number of aromatic nitrogens is 3. The number of carbonyl (C=O) groups is 1. The zero-order chi connectivity index (χ0) is 15.7. The van der Waals surface area contributed by atoms with E-state index in [1.165, 1.54) is 35.0 Å². The van der Waals surface area contributed by atoms with Crippen LogP contribution in [0.25, 0.3) is 5.65 Å². The van der Waals surface area contributed by atoms with E-state index in [-0.39, 0.29) is 28.3 Å². The Bertz CT molecular complexity index is 846. The predicted molar refractivity (Wildman–Crippen MR) is 76.8 cm³/mol. The molecular weight excluding hydrogens is 292 g/mol. The Morgan fingerprint density at radius 2 is 2.05 bits per heavy atom. The zero-order valence-electron chi connectivity index (χ0n) is 11.2. The van der Waals surface area contributed by atoms with Crippen molar-refractivity contribution >= 4 is 23.1 Å². The molecule has 2 heterocycles. The first kappa shape index (κ1) is 13.9. The van der Waals surface area contributed by atoms with Crippen LogP contribution in [0.1, 0.15) is 22.3 Å². The highest BCUT2D eigenvalue weighted by Crippen LogP contribution is 2.27. The molecule has 112 valence electrons. The molecule has 0 aliphatic heterocycles. The van der Waals surface area contributed by atoms with Gasteiger partial charge in [0.1, 0.15) is 11.4 Å². The number of nitrogens with one attached hydrogen (secondary N) is 1. The minimum atomic E-state index is -2.69. The largest absolute Gasteiger partial charge is 0.384 e.